The number of rotatable bonds is 7. The van der Waals surface area contributed by atoms with Gasteiger partial charge >= 0.3 is 5.97 Å². The average Bonchev–Trinajstić information content (AvgIpc) is 2.59. The van der Waals surface area contributed by atoms with Crippen molar-refractivity contribution in [2.75, 3.05) is 23.8 Å². The topological polar surface area (TPSA) is 67.4 Å². The zero-order valence-electron chi connectivity index (χ0n) is 13.0. The van der Waals surface area contributed by atoms with Crippen molar-refractivity contribution in [2.24, 2.45) is 0 Å². The molecule has 2 N–H and O–H groups in total. The molecule has 0 aliphatic rings. The number of carbonyl (C=O) groups excluding carboxylic acids is 2. The maximum atomic E-state index is 11.9. The van der Waals surface area contributed by atoms with Gasteiger partial charge in [-0.25, -0.2) is 4.79 Å². The van der Waals surface area contributed by atoms with E-state index in [1.807, 2.05) is 37.3 Å². The van der Waals surface area contributed by atoms with Gasteiger partial charge in [0.1, 0.15) is 0 Å². The lowest BCUT2D eigenvalue weighted by Gasteiger charge is -2.08. The number of amides is 1. The minimum Gasteiger partial charge on any atom is -0.462 e. The highest BCUT2D eigenvalue weighted by molar-refractivity contribution is 5.95. The Balaban J connectivity index is 1.83. The smallest absolute Gasteiger partial charge is 0.338 e. The number of anilines is 2. The molecule has 0 aromatic heterocycles. The van der Waals surface area contributed by atoms with E-state index in [-0.39, 0.29) is 18.4 Å². The zero-order valence-corrected chi connectivity index (χ0v) is 13.0. The Kier molecular flexibility index (Phi) is 6.17. The Hall–Kier alpha value is -2.82. The number of nitrogens with one attached hydrogen (secondary N) is 2. The molecule has 120 valence electrons. The van der Waals surface area contributed by atoms with Crippen LogP contribution in [0.5, 0.6) is 0 Å². The first-order valence-electron chi connectivity index (χ1n) is 7.55. The fourth-order valence-corrected chi connectivity index (χ4v) is 1.91. The summed E-state index contributed by atoms with van der Waals surface area (Å²) in [5.41, 5.74) is 1.99. The Labute approximate surface area is 135 Å². The lowest BCUT2D eigenvalue weighted by Crippen LogP contribution is -2.21. The van der Waals surface area contributed by atoms with Gasteiger partial charge in [-0.2, -0.15) is 0 Å². The Morgan fingerprint density at radius 2 is 1.65 bits per heavy atom. The number of para-hydroxylation sites is 1. The van der Waals surface area contributed by atoms with E-state index in [1.54, 1.807) is 24.3 Å². The van der Waals surface area contributed by atoms with Crippen LogP contribution in [-0.2, 0) is 9.53 Å². The van der Waals surface area contributed by atoms with Crippen molar-refractivity contribution in [3.05, 3.63) is 60.2 Å². The molecule has 5 heteroatoms. The van der Waals surface area contributed by atoms with E-state index in [1.165, 1.54) is 0 Å². The zero-order chi connectivity index (χ0) is 16.5. The van der Waals surface area contributed by atoms with E-state index in [9.17, 15) is 9.59 Å². The van der Waals surface area contributed by atoms with E-state index < -0.39 is 0 Å². The largest absolute Gasteiger partial charge is 0.462 e. The van der Waals surface area contributed by atoms with Crippen molar-refractivity contribution in [2.45, 2.75) is 13.3 Å². The van der Waals surface area contributed by atoms with Crippen molar-refractivity contribution in [1.82, 2.24) is 0 Å². The summed E-state index contributed by atoms with van der Waals surface area (Å²) in [4.78, 5) is 23.6. The molecule has 0 atom stereocenters. The first-order valence-corrected chi connectivity index (χ1v) is 7.55. The molecule has 0 bridgehead atoms. The normalized spacial score (nSPS) is 9.96. The predicted molar refractivity (Wildman–Crippen MR) is 90.6 cm³/mol. The van der Waals surface area contributed by atoms with Crippen LogP contribution in [0, 0.1) is 0 Å². The van der Waals surface area contributed by atoms with Crippen molar-refractivity contribution >= 4 is 23.3 Å². The van der Waals surface area contributed by atoms with E-state index >= 15 is 0 Å². The lowest BCUT2D eigenvalue weighted by molar-refractivity contribution is -0.114. The molecule has 0 radical (unpaired) electrons. The first kappa shape index (κ1) is 16.5. The first-order chi connectivity index (χ1) is 11.2. The van der Waals surface area contributed by atoms with Crippen LogP contribution in [-0.4, -0.2) is 25.0 Å². The molecule has 5 nitrogen and oxygen atoms in total. The molecule has 0 saturated carbocycles. The van der Waals surface area contributed by atoms with Crippen molar-refractivity contribution in [1.29, 1.82) is 0 Å². The number of hydrogen-bond acceptors (Lipinski definition) is 4. The van der Waals surface area contributed by atoms with Gasteiger partial charge in [-0.15, -0.1) is 0 Å². The summed E-state index contributed by atoms with van der Waals surface area (Å²) in [5, 5.41) is 5.80. The van der Waals surface area contributed by atoms with Gasteiger partial charge in [-0.1, -0.05) is 25.1 Å². The van der Waals surface area contributed by atoms with Gasteiger partial charge in [0, 0.05) is 11.4 Å². The number of ether oxygens (including phenoxy) is 1. The molecule has 1 amide bonds. The molecule has 0 aliphatic carbocycles. The van der Waals surface area contributed by atoms with E-state index in [0.29, 0.717) is 17.9 Å². The Morgan fingerprint density at radius 3 is 2.30 bits per heavy atom. The quantitative estimate of drug-likeness (QED) is 0.770. The Morgan fingerprint density at radius 1 is 0.957 bits per heavy atom. The lowest BCUT2D eigenvalue weighted by atomic mass is 10.2. The molecular formula is C18H20N2O3. The van der Waals surface area contributed by atoms with Crippen LogP contribution in [0.2, 0.25) is 0 Å². The maximum Gasteiger partial charge on any atom is 0.338 e. The summed E-state index contributed by atoms with van der Waals surface area (Å²) >= 11 is 0. The van der Waals surface area contributed by atoms with Crippen molar-refractivity contribution in [3.63, 3.8) is 0 Å². The monoisotopic (exact) mass is 312 g/mol. The van der Waals surface area contributed by atoms with Crippen LogP contribution in [0.25, 0.3) is 0 Å². The minimum absolute atomic E-state index is 0.157. The second-order valence-electron chi connectivity index (χ2n) is 4.98. The van der Waals surface area contributed by atoms with E-state index in [4.69, 9.17) is 4.74 Å². The number of carbonyl (C=O) groups is 2. The molecule has 0 heterocycles. The summed E-state index contributed by atoms with van der Waals surface area (Å²) in [6.45, 7) is 2.52. The molecule has 2 aromatic carbocycles. The summed E-state index contributed by atoms with van der Waals surface area (Å²) < 4.78 is 5.05. The number of benzene rings is 2. The third-order valence-corrected chi connectivity index (χ3v) is 3.07. The van der Waals surface area contributed by atoms with Gasteiger partial charge in [0.25, 0.3) is 0 Å². The summed E-state index contributed by atoms with van der Waals surface area (Å²) in [5.74, 6) is -0.509. The maximum absolute atomic E-state index is 11.9. The van der Waals surface area contributed by atoms with Crippen LogP contribution in [0.3, 0.4) is 0 Å². The van der Waals surface area contributed by atoms with Gasteiger partial charge in [0.05, 0.1) is 18.7 Å². The standard InChI is InChI=1S/C18H20N2O3/c1-2-12-23-18(22)14-8-10-16(11-9-14)20-17(21)13-19-15-6-4-3-5-7-15/h3-11,19H,2,12-13H2,1H3,(H,20,21). The molecule has 0 spiro atoms. The second kappa shape index (κ2) is 8.58. The molecule has 23 heavy (non-hydrogen) atoms. The summed E-state index contributed by atoms with van der Waals surface area (Å²) in [6, 6.07) is 16.1. The predicted octanol–water partition coefficient (Wildman–Crippen LogP) is 3.30. The number of hydrogen-bond donors (Lipinski definition) is 2. The average molecular weight is 312 g/mol. The van der Waals surface area contributed by atoms with Gasteiger partial charge in [0.15, 0.2) is 0 Å². The second-order valence-corrected chi connectivity index (χ2v) is 4.98. The van der Waals surface area contributed by atoms with Crippen LogP contribution >= 0.6 is 0 Å². The van der Waals surface area contributed by atoms with Crippen LogP contribution in [0.4, 0.5) is 11.4 Å². The molecule has 0 unspecified atom stereocenters. The van der Waals surface area contributed by atoms with E-state index in [2.05, 4.69) is 10.6 Å². The fraction of sp³-hybridized carbons (Fsp3) is 0.222. The third-order valence-electron chi connectivity index (χ3n) is 3.07. The molecule has 0 saturated heterocycles. The van der Waals surface area contributed by atoms with E-state index in [0.717, 1.165) is 12.1 Å². The molecular weight excluding hydrogens is 292 g/mol. The number of esters is 1. The molecule has 2 aromatic rings. The molecule has 0 aliphatic heterocycles. The summed E-state index contributed by atoms with van der Waals surface area (Å²) in [6.07, 6.45) is 0.786. The molecule has 0 fully saturated rings. The van der Waals surface area contributed by atoms with Gasteiger partial charge in [-0.05, 0) is 42.8 Å². The van der Waals surface area contributed by atoms with Crippen molar-refractivity contribution in [3.8, 4) is 0 Å². The third kappa shape index (κ3) is 5.47. The van der Waals surface area contributed by atoms with Crippen LogP contribution < -0.4 is 10.6 Å². The fourth-order valence-electron chi connectivity index (χ4n) is 1.91. The van der Waals surface area contributed by atoms with Gasteiger partial charge < -0.3 is 15.4 Å². The van der Waals surface area contributed by atoms with Crippen molar-refractivity contribution < 1.29 is 14.3 Å². The summed E-state index contributed by atoms with van der Waals surface area (Å²) in [7, 11) is 0. The highest BCUT2D eigenvalue weighted by atomic mass is 16.5. The molecule has 2 rings (SSSR count). The Bertz CT molecular complexity index is 639. The van der Waals surface area contributed by atoms with Crippen LogP contribution in [0.1, 0.15) is 23.7 Å². The van der Waals surface area contributed by atoms with Gasteiger partial charge in [0.2, 0.25) is 5.91 Å². The van der Waals surface area contributed by atoms with Crippen LogP contribution in [0.15, 0.2) is 54.6 Å². The minimum atomic E-state index is -0.351. The highest BCUT2D eigenvalue weighted by Crippen LogP contribution is 2.11. The highest BCUT2D eigenvalue weighted by Gasteiger charge is 2.07. The van der Waals surface area contributed by atoms with Gasteiger partial charge in [-0.3, -0.25) is 4.79 Å². The SMILES string of the molecule is CCCOC(=O)c1ccc(NC(=O)CNc2ccccc2)cc1.